The van der Waals surface area contributed by atoms with Gasteiger partial charge in [0.05, 0.1) is 6.61 Å². The SMILES string of the molecule is OC[C@@H]1O[C@@H](Oc2ccc3cc(Br)ccc3c2)[C@@H](O)[C@@H](O)[C@@H]1O. The van der Waals surface area contributed by atoms with Gasteiger partial charge in [-0.25, -0.2) is 0 Å². The van der Waals surface area contributed by atoms with Crippen LogP contribution < -0.4 is 4.74 Å². The van der Waals surface area contributed by atoms with Crippen LogP contribution in [0.5, 0.6) is 5.75 Å². The molecule has 0 aromatic heterocycles. The summed E-state index contributed by atoms with van der Waals surface area (Å²) in [4.78, 5) is 0. The van der Waals surface area contributed by atoms with Crippen LogP contribution in [0.1, 0.15) is 0 Å². The van der Waals surface area contributed by atoms with E-state index in [1.54, 1.807) is 12.1 Å². The van der Waals surface area contributed by atoms with Crippen LogP contribution in [-0.2, 0) is 4.74 Å². The van der Waals surface area contributed by atoms with E-state index in [0.29, 0.717) is 5.75 Å². The molecular weight excluding hydrogens is 368 g/mol. The molecule has 5 atom stereocenters. The third kappa shape index (κ3) is 3.35. The first-order valence-electron chi connectivity index (χ1n) is 7.16. The van der Waals surface area contributed by atoms with Crippen molar-refractivity contribution in [2.75, 3.05) is 6.61 Å². The molecule has 124 valence electrons. The van der Waals surface area contributed by atoms with Crippen molar-refractivity contribution in [1.29, 1.82) is 0 Å². The Morgan fingerprint density at radius 1 is 0.957 bits per heavy atom. The van der Waals surface area contributed by atoms with Crippen molar-refractivity contribution in [3.63, 3.8) is 0 Å². The molecule has 0 amide bonds. The predicted octanol–water partition coefficient (Wildman–Crippen LogP) is 0.781. The van der Waals surface area contributed by atoms with Crippen molar-refractivity contribution in [3.8, 4) is 5.75 Å². The molecule has 0 radical (unpaired) electrons. The van der Waals surface area contributed by atoms with E-state index in [4.69, 9.17) is 9.47 Å². The van der Waals surface area contributed by atoms with Crippen LogP contribution in [0, 0.1) is 0 Å². The molecule has 1 heterocycles. The third-order valence-electron chi connectivity index (χ3n) is 3.87. The molecule has 1 aliphatic rings. The largest absolute Gasteiger partial charge is 0.462 e. The van der Waals surface area contributed by atoms with E-state index >= 15 is 0 Å². The van der Waals surface area contributed by atoms with Gasteiger partial charge in [-0.3, -0.25) is 0 Å². The zero-order chi connectivity index (χ0) is 16.6. The lowest BCUT2D eigenvalue weighted by molar-refractivity contribution is -0.277. The third-order valence-corrected chi connectivity index (χ3v) is 4.37. The Hall–Kier alpha value is -1.22. The van der Waals surface area contributed by atoms with Gasteiger partial charge in [-0.15, -0.1) is 0 Å². The summed E-state index contributed by atoms with van der Waals surface area (Å²) in [7, 11) is 0. The van der Waals surface area contributed by atoms with Crippen LogP contribution in [0.15, 0.2) is 40.9 Å². The summed E-state index contributed by atoms with van der Waals surface area (Å²) in [6.07, 6.45) is -6.45. The lowest BCUT2D eigenvalue weighted by Crippen LogP contribution is -2.60. The fraction of sp³-hybridized carbons (Fsp3) is 0.375. The average molecular weight is 385 g/mol. The van der Waals surface area contributed by atoms with Crippen LogP contribution in [-0.4, -0.2) is 57.7 Å². The Labute approximate surface area is 141 Å². The smallest absolute Gasteiger partial charge is 0.229 e. The van der Waals surface area contributed by atoms with E-state index in [1.807, 2.05) is 24.3 Å². The summed E-state index contributed by atoms with van der Waals surface area (Å²) in [5.74, 6) is 0.448. The second kappa shape index (κ2) is 6.72. The lowest BCUT2D eigenvalue weighted by Gasteiger charge is -2.39. The minimum Gasteiger partial charge on any atom is -0.462 e. The van der Waals surface area contributed by atoms with Gasteiger partial charge in [0.25, 0.3) is 0 Å². The first-order valence-corrected chi connectivity index (χ1v) is 7.95. The van der Waals surface area contributed by atoms with Crippen molar-refractivity contribution in [3.05, 3.63) is 40.9 Å². The molecule has 4 N–H and O–H groups in total. The molecule has 0 unspecified atom stereocenters. The summed E-state index contributed by atoms with van der Waals surface area (Å²) in [5, 5.41) is 40.6. The Morgan fingerprint density at radius 3 is 2.39 bits per heavy atom. The van der Waals surface area contributed by atoms with Crippen LogP contribution in [0.25, 0.3) is 10.8 Å². The van der Waals surface area contributed by atoms with Gasteiger partial charge in [-0.1, -0.05) is 28.1 Å². The normalized spacial score (nSPS) is 31.3. The number of hydrogen-bond acceptors (Lipinski definition) is 6. The molecule has 0 spiro atoms. The maximum atomic E-state index is 9.98. The monoisotopic (exact) mass is 384 g/mol. The predicted molar refractivity (Wildman–Crippen MR) is 86.0 cm³/mol. The van der Waals surface area contributed by atoms with Crippen molar-refractivity contribution in [2.45, 2.75) is 30.7 Å². The number of benzene rings is 2. The van der Waals surface area contributed by atoms with Gasteiger partial charge >= 0.3 is 0 Å². The summed E-state index contributed by atoms with van der Waals surface area (Å²) in [5.41, 5.74) is 0. The van der Waals surface area contributed by atoms with Gasteiger partial charge in [0.1, 0.15) is 30.2 Å². The van der Waals surface area contributed by atoms with Crippen molar-refractivity contribution >= 4 is 26.7 Å². The number of halogens is 1. The van der Waals surface area contributed by atoms with Crippen molar-refractivity contribution in [2.24, 2.45) is 0 Å². The number of fused-ring (bicyclic) bond motifs is 1. The van der Waals surface area contributed by atoms with Gasteiger partial charge in [0.2, 0.25) is 6.29 Å². The number of aliphatic hydroxyl groups excluding tert-OH is 4. The quantitative estimate of drug-likeness (QED) is 0.624. The van der Waals surface area contributed by atoms with Crippen LogP contribution >= 0.6 is 15.9 Å². The molecule has 1 aliphatic heterocycles. The second-order valence-corrected chi connectivity index (χ2v) is 6.38. The first kappa shape index (κ1) is 16.6. The number of aliphatic hydroxyl groups is 4. The van der Waals surface area contributed by atoms with E-state index in [2.05, 4.69) is 15.9 Å². The molecular formula is C16H17BrO6. The Kier molecular flexibility index (Phi) is 4.86. The van der Waals surface area contributed by atoms with Gasteiger partial charge in [0.15, 0.2) is 0 Å². The molecule has 1 saturated heterocycles. The Balaban J connectivity index is 1.81. The maximum Gasteiger partial charge on any atom is 0.229 e. The van der Waals surface area contributed by atoms with Crippen LogP contribution in [0.2, 0.25) is 0 Å². The highest BCUT2D eigenvalue weighted by atomic mass is 79.9. The zero-order valence-corrected chi connectivity index (χ0v) is 13.6. The van der Waals surface area contributed by atoms with Gasteiger partial charge < -0.3 is 29.9 Å². The molecule has 0 aliphatic carbocycles. The van der Waals surface area contributed by atoms with Crippen LogP contribution in [0.3, 0.4) is 0 Å². The van der Waals surface area contributed by atoms with E-state index < -0.39 is 37.3 Å². The molecule has 6 nitrogen and oxygen atoms in total. The van der Waals surface area contributed by atoms with Crippen molar-refractivity contribution < 1.29 is 29.9 Å². The minimum atomic E-state index is -1.46. The molecule has 0 bridgehead atoms. The molecule has 1 fully saturated rings. The topological polar surface area (TPSA) is 99.4 Å². The van der Waals surface area contributed by atoms with Crippen LogP contribution in [0.4, 0.5) is 0 Å². The van der Waals surface area contributed by atoms with Gasteiger partial charge in [-0.05, 0) is 35.0 Å². The van der Waals surface area contributed by atoms with Gasteiger partial charge in [-0.2, -0.15) is 0 Å². The van der Waals surface area contributed by atoms with E-state index in [0.717, 1.165) is 15.2 Å². The average Bonchev–Trinajstić information content (AvgIpc) is 2.55. The highest BCUT2D eigenvalue weighted by Gasteiger charge is 2.44. The molecule has 7 heteroatoms. The summed E-state index contributed by atoms with van der Waals surface area (Å²) < 4.78 is 11.9. The molecule has 2 aromatic carbocycles. The highest BCUT2D eigenvalue weighted by Crippen LogP contribution is 2.28. The van der Waals surface area contributed by atoms with E-state index in [9.17, 15) is 20.4 Å². The fourth-order valence-corrected chi connectivity index (χ4v) is 2.95. The van der Waals surface area contributed by atoms with Crippen molar-refractivity contribution in [1.82, 2.24) is 0 Å². The molecule has 0 saturated carbocycles. The number of rotatable bonds is 3. The Morgan fingerprint density at radius 2 is 1.65 bits per heavy atom. The molecule has 3 rings (SSSR count). The zero-order valence-electron chi connectivity index (χ0n) is 12.0. The van der Waals surface area contributed by atoms with E-state index in [1.165, 1.54) is 0 Å². The number of hydrogen-bond donors (Lipinski definition) is 4. The molecule has 23 heavy (non-hydrogen) atoms. The molecule has 2 aromatic rings. The second-order valence-electron chi connectivity index (χ2n) is 5.47. The van der Waals surface area contributed by atoms with E-state index in [-0.39, 0.29) is 0 Å². The highest BCUT2D eigenvalue weighted by molar-refractivity contribution is 9.10. The minimum absolute atomic E-state index is 0.448. The number of ether oxygens (including phenoxy) is 2. The first-order chi connectivity index (χ1) is 11.0. The maximum absolute atomic E-state index is 9.98. The lowest BCUT2D eigenvalue weighted by atomic mass is 9.99. The summed E-state index contributed by atoms with van der Waals surface area (Å²) in [6.45, 7) is -0.490. The standard InChI is InChI=1S/C16H17BrO6/c17-10-3-1-9-6-11(4-2-8(9)5-10)22-16-15(21)14(20)13(19)12(7-18)23-16/h1-6,12-16,18-21H,7H2/t12-,13+,14-,15-,16+/m0/s1. The Bertz CT molecular complexity index is 691. The fourth-order valence-electron chi connectivity index (χ4n) is 2.57. The summed E-state index contributed by atoms with van der Waals surface area (Å²) in [6, 6.07) is 11.1. The summed E-state index contributed by atoms with van der Waals surface area (Å²) >= 11 is 3.41. The van der Waals surface area contributed by atoms with Gasteiger partial charge in [0, 0.05) is 4.47 Å².